The van der Waals surface area contributed by atoms with Crippen LogP contribution in [0.4, 0.5) is 0 Å². The molecule has 10 heteroatoms. The maximum Gasteiger partial charge on any atom is 0.494 e. The third-order valence-corrected chi connectivity index (χ3v) is 3.86. The number of hydrogen-bond donors (Lipinski definition) is 4. The summed E-state index contributed by atoms with van der Waals surface area (Å²) in [5, 5.41) is 18.9. The molecule has 0 saturated carbocycles. The number of rotatable bonds is 12. The van der Waals surface area contributed by atoms with Crippen LogP contribution >= 0.6 is 16.5 Å². The van der Waals surface area contributed by atoms with Crippen LogP contribution in [0.15, 0.2) is 0 Å². The van der Waals surface area contributed by atoms with Gasteiger partial charge in [0.2, 0.25) is 0 Å². The molecule has 0 heterocycles. The van der Waals surface area contributed by atoms with E-state index in [2.05, 4.69) is 0 Å². The second-order valence-electron chi connectivity index (χ2n) is 4.63. The van der Waals surface area contributed by atoms with E-state index in [1.807, 2.05) is 6.92 Å². The van der Waals surface area contributed by atoms with Crippen molar-refractivity contribution in [2.45, 2.75) is 38.7 Å². The van der Waals surface area contributed by atoms with Crippen LogP contribution in [0.5, 0.6) is 0 Å². The van der Waals surface area contributed by atoms with Crippen molar-refractivity contribution in [3.63, 3.8) is 0 Å². The molecule has 0 aliphatic carbocycles. The van der Waals surface area contributed by atoms with Crippen LogP contribution in [-0.2, 0) is 18.2 Å². The molecule has 0 aromatic carbocycles. The third kappa shape index (κ3) is 7.20. The first-order chi connectivity index (χ1) is 9.35. The molecule has 120 valence electrons. The minimum Gasteiger partial charge on any atom is -0.396 e. The van der Waals surface area contributed by atoms with Gasteiger partial charge in [0, 0.05) is 0 Å². The first kappa shape index (κ1) is 20.1. The SMILES string of the molecule is CCCCCC(OP(=O)(O)O)C(CO)(CO)CO[PH+]=O. The van der Waals surface area contributed by atoms with Gasteiger partial charge < -0.3 is 20.0 Å². The van der Waals surface area contributed by atoms with Crippen molar-refractivity contribution in [2.75, 3.05) is 19.8 Å². The molecular formula is C10H23O8P2+. The van der Waals surface area contributed by atoms with Gasteiger partial charge in [0.25, 0.3) is 0 Å². The number of unbranched alkanes of at least 4 members (excludes halogenated alkanes) is 2. The van der Waals surface area contributed by atoms with Gasteiger partial charge in [-0.05, 0) is 11.0 Å². The van der Waals surface area contributed by atoms with E-state index >= 15 is 0 Å². The largest absolute Gasteiger partial charge is 0.494 e. The smallest absolute Gasteiger partial charge is 0.396 e. The van der Waals surface area contributed by atoms with Gasteiger partial charge in [-0.25, -0.2) is 4.57 Å². The van der Waals surface area contributed by atoms with Crippen LogP contribution in [-0.4, -0.2) is 45.9 Å². The quantitative estimate of drug-likeness (QED) is 0.307. The molecular weight excluding hydrogens is 310 g/mol. The molecule has 0 saturated heterocycles. The van der Waals surface area contributed by atoms with Crippen LogP contribution in [0.25, 0.3) is 0 Å². The molecule has 20 heavy (non-hydrogen) atoms. The highest BCUT2D eigenvalue weighted by atomic mass is 31.2. The molecule has 0 aromatic heterocycles. The summed E-state index contributed by atoms with van der Waals surface area (Å²) in [7, 11) is -5.88. The molecule has 0 aliphatic rings. The van der Waals surface area contributed by atoms with Gasteiger partial charge in [-0.2, -0.15) is 0 Å². The van der Waals surface area contributed by atoms with Gasteiger partial charge in [0.05, 0.1) is 24.7 Å². The summed E-state index contributed by atoms with van der Waals surface area (Å²) < 4.78 is 30.9. The maximum atomic E-state index is 11.0. The third-order valence-electron chi connectivity index (χ3n) is 3.07. The van der Waals surface area contributed by atoms with Crippen molar-refractivity contribution >= 4 is 16.5 Å². The van der Waals surface area contributed by atoms with Crippen LogP contribution < -0.4 is 0 Å². The summed E-state index contributed by atoms with van der Waals surface area (Å²) in [6.07, 6.45) is 1.47. The minimum atomic E-state index is -4.78. The van der Waals surface area contributed by atoms with E-state index in [0.717, 1.165) is 12.8 Å². The van der Waals surface area contributed by atoms with Crippen molar-refractivity contribution in [2.24, 2.45) is 5.41 Å². The molecule has 0 fully saturated rings. The van der Waals surface area contributed by atoms with E-state index in [9.17, 15) is 19.3 Å². The van der Waals surface area contributed by atoms with Crippen molar-refractivity contribution < 1.29 is 38.2 Å². The van der Waals surface area contributed by atoms with E-state index in [0.29, 0.717) is 6.42 Å². The first-order valence-corrected chi connectivity index (χ1v) is 8.64. The summed E-state index contributed by atoms with van der Waals surface area (Å²) in [4.78, 5) is 17.9. The van der Waals surface area contributed by atoms with Crippen LogP contribution in [0.2, 0.25) is 0 Å². The Morgan fingerprint density at radius 1 is 1.25 bits per heavy atom. The Morgan fingerprint density at radius 2 is 1.85 bits per heavy atom. The zero-order chi connectivity index (χ0) is 15.6. The van der Waals surface area contributed by atoms with E-state index < -0.39 is 41.2 Å². The van der Waals surface area contributed by atoms with Crippen LogP contribution in [0.1, 0.15) is 32.6 Å². The molecule has 0 radical (unpaired) electrons. The average Bonchev–Trinajstić information content (AvgIpc) is 2.39. The molecule has 2 unspecified atom stereocenters. The van der Waals surface area contributed by atoms with Crippen molar-refractivity contribution in [1.29, 1.82) is 0 Å². The molecule has 0 aromatic rings. The Morgan fingerprint density at radius 3 is 2.25 bits per heavy atom. The fourth-order valence-electron chi connectivity index (χ4n) is 1.83. The van der Waals surface area contributed by atoms with E-state index in [1.54, 1.807) is 0 Å². The molecule has 0 spiro atoms. The molecule has 0 aliphatic heterocycles. The molecule has 4 N–H and O–H groups in total. The molecule has 0 rings (SSSR count). The lowest BCUT2D eigenvalue weighted by atomic mass is 9.82. The fraction of sp³-hybridized carbons (Fsp3) is 1.00. The van der Waals surface area contributed by atoms with Gasteiger partial charge in [-0.3, -0.25) is 4.52 Å². The number of aliphatic hydroxyl groups is 2. The van der Waals surface area contributed by atoms with E-state index in [4.69, 9.17) is 18.8 Å². The van der Waals surface area contributed by atoms with Crippen molar-refractivity contribution in [1.82, 2.24) is 0 Å². The Bertz CT molecular complexity index is 314. The highest BCUT2D eigenvalue weighted by Crippen LogP contribution is 2.43. The zero-order valence-corrected chi connectivity index (χ0v) is 13.3. The summed E-state index contributed by atoms with van der Waals surface area (Å²) >= 11 is 0. The summed E-state index contributed by atoms with van der Waals surface area (Å²) in [6.45, 7) is 0.431. The zero-order valence-electron chi connectivity index (χ0n) is 11.4. The maximum absolute atomic E-state index is 11.0. The molecule has 2 atom stereocenters. The summed E-state index contributed by atoms with van der Waals surface area (Å²) in [5.74, 6) is 0. The predicted octanol–water partition coefficient (Wildman–Crippen LogP) is 0.971. The van der Waals surface area contributed by atoms with E-state index in [-0.39, 0.29) is 13.0 Å². The lowest BCUT2D eigenvalue weighted by molar-refractivity contribution is -0.0754. The number of aliphatic hydroxyl groups excluding tert-OH is 2. The van der Waals surface area contributed by atoms with Gasteiger partial charge in [-0.15, -0.1) is 4.52 Å². The average molecular weight is 333 g/mol. The standard InChI is InChI=1S/C10H22O8P2/c1-2-3-4-5-9(18-20(14,15)16)10(6-11,7-12)8-17-19-13/h9,11-12,19H,2-8H2,1H3,(H-,14,15,16)/p+1. The second kappa shape index (κ2) is 9.92. The molecule has 8 nitrogen and oxygen atoms in total. The second-order valence-corrected chi connectivity index (χ2v) is 6.28. The van der Waals surface area contributed by atoms with Crippen LogP contribution in [0, 0.1) is 5.41 Å². The number of hydrogen-bond acceptors (Lipinski definition) is 6. The predicted molar refractivity (Wildman–Crippen MR) is 72.6 cm³/mol. The van der Waals surface area contributed by atoms with Gasteiger partial charge >= 0.3 is 16.5 Å². The Labute approximate surface area is 119 Å². The highest BCUT2D eigenvalue weighted by molar-refractivity contribution is 7.46. The summed E-state index contributed by atoms with van der Waals surface area (Å²) in [5.41, 5.74) is -1.41. The topological polar surface area (TPSA) is 134 Å². The minimum absolute atomic E-state index is 0.241. The van der Waals surface area contributed by atoms with Gasteiger partial charge in [0.1, 0.15) is 6.61 Å². The Kier molecular flexibility index (Phi) is 9.97. The Balaban J connectivity index is 5.06. The lowest BCUT2D eigenvalue weighted by Gasteiger charge is -2.35. The van der Waals surface area contributed by atoms with Crippen LogP contribution in [0.3, 0.4) is 0 Å². The lowest BCUT2D eigenvalue weighted by Crippen LogP contribution is -2.46. The number of phosphoric ester groups is 1. The first-order valence-electron chi connectivity index (χ1n) is 6.29. The highest BCUT2D eigenvalue weighted by Gasteiger charge is 2.43. The normalized spacial score (nSPS) is 14.7. The fourth-order valence-corrected chi connectivity index (χ4v) is 2.83. The van der Waals surface area contributed by atoms with Gasteiger partial charge in [-0.1, -0.05) is 26.2 Å². The summed E-state index contributed by atoms with van der Waals surface area (Å²) in [6, 6.07) is 0. The van der Waals surface area contributed by atoms with Gasteiger partial charge in [0.15, 0.2) is 0 Å². The molecule has 0 bridgehead atoms. The van der Waals surface area contributed by atoms with Crippen molar-refractivity contribution in [3.8, 4) is 0 Å². The monoisotopic (exact) mass is 333 g/mol. The van der Waals surface area contributed by atoms with E-state index in [1.165, 1.54) is 0 Å². The Hall–Kier alpha value is 0.0900. The number of phosphoric acid groups is 1. The van der Waals surface area contributed by atoms with Crippen molar-refractivity contribution in [3.05, 3.63) is 0 Å². The molecule has 0 amide bonds.